The molecule has 2 heterocycles. The highest BCUT2D eigenvalue weighted by molar-refractivity contribution is 5.81. The number of aryl methyl sites for hydroxylation is 2. The van der Waals surface area contributed by atoms with Gasteiger partial charge in [0.05, 0.1) is 0 Å². The Morgan fingerprint density at radius 3 is 1.32 bits per heavy atom. The quantitative estimate of drug-likeness (QED) is 0.259. The summed E-state index contributed by atoms with van der Waals surface area (Å²) in [7, 11) is 0. The standard InChI is InChI=1S/C30H22N2O2/c1-19-5-3-7-25-27(19)31-29(33-25)23-15-11-21(12-16-23)9-10-22-13-17-24(18-14-22)30-32-28-20(2)6-4-8-26(28)34-30/h3-18H,1-2H3. The molecule has 164 valence electrons. The zero-order valence-corrected chi connectivity index (χ0v) is 18.9. The number of oxazole rings is 2. The number of aromatic nitrogens is 2. The SMILES string of the molecule is Cc1cccc2oc(-c3ccc(C=Cc4ccc(-c5nc6c(C)cccc6o5)cc4)cc3)nc12. The van der Waals surface area contributed by atoms with Crippen molar-refractivity contribution in [2.45, 2.75) is 13.8 Å². The average Bonchev–Trinajstić information content (AvgIpc) is 3.50. The van der Waals surface area contributed by atoms with Crippen LogP contribution in [-0.4, -0.2) is 9.97 Å². The highest BCUT2D eigenvalue weighted by atomic mass is 16.4. The van der Waals surface area contributed by atoms with Crippen LogP contribution in [-0.2, 0) is 0 Å². The van der Waals surface area contributed by atoms with E-state index in [2.05, 4.69) is 46.4 Å². The van der Waals surface area contributed by atoms with Crippen molar-refractivity contribution in [2.75, 3.05) is 0 Å². The van der Waals surface area contributed by atoms with Crippen molar-refractivity contribution in [1.82, 2.24) is 9.97 Å². The Labute approximate surface area is 197 Å². The fourth-order valence-corrected chi connectivity index (χ4v) is 4.09. The highest BCUT2D eigenvalue weighted by Gasteiger charge is 2.10. The van der Waals surface area contributed by atoms with E-state index >= 15 is 0 Å². The van der Waals surface area contributed by atoms with E-state index in [1.807, 2.05) is 74.5 Å². The second kappa shape index (κ2) is 8.16. The minimum absolute atomic E-state index is 0.643. The van der Waals surface area contributed by atoms with Crippen LogP contribution in [0.25, 0.3) is 57.3 Å². The summed E-state index contributed by atoms with van der Waals surface area (Å²) in [5, 5.41) is 0. The first kappa shape index (κ1) is 20.2. The van der Waals surface area contributed by atoms with Crippen molar-refractivity contribution in [3.63, 3.8) is 0 Å². The molecule has 0 atom stereocenters. The second-order valence-electron chi connectivity index (χ2n) is 8.46. The molecular weight excluding hydrogens is 420 g/mol. The Morgan fingerprint density at radius 1 is 0.529 bits per heavy atom. The fourth-order valence-electron chi connectivity index (χ4n) is 4.09. The Balaban J connectivity index is 1.19. The van der Waals surface area contributed by atoms with Crippen molar-refractivity contribution in [1.29, 1.82) is 0 Å². The van der Waals surface area contributed by atoms with Crippen molar-refractivity contribution in [3.05, 3.63) is 107 Å². The summed E-state index contributed by atoms with van der Waals surface area (Å²) in [6, 6.07) is 28.4. The van der Waals surface area contributed by atoms with Crippen LogP contribution >= 0.6 is 0 Å². The molecule has 0 aliphatic rings. The van der Waals surface area contributed by atoms with Gasteiger partial charge >= 0.3 is 0 Å². The lowest BCUT2D eigenvalue weighted by atomic mass is 10.1. The van der Waals surface area contributed by atoms with Crippen LogP contribution in [0, 0.1) is 13.8 Å². The first-order chi connectivity index (χ1) is 16.6. The normalized spacial score (nSPS) is 11.7. The summed E-state index contributed by atoms with van der Waals surface area (Å²) in [6.45, 7) is 4.09. The van der Waals surface area contributed by atoms with Crippen LogP contribution in [0.15, 0.2) is 93.8 Å². The van der Waals surface area contributed by atoms with E-state index in [9.17, 15) is 0 Å². The monoisotopic (exact) mass is 442 g/mol. The Hall–Kier alpha value is -4.44. The summed E-state index contributed by atoms with van der Waals surface area (Å²) in [6.07, 6.45) is 4.19. The number of benzene rings is 4. The van der Waals surface area contributed by atoms with Gasteiger partial charge in [0.25, 0.3) is 0 Å². The molecule has 6 aromatic rings. The number of hydrogen-bond donors (Lipinski definition) is 0. The van der Waals surface area contributed by atoms with Crippen LogP contribution in [0.1, 0.15) is 22.3 Å². The van der Waals surface area contributed by atoms with E-state index in [1.54, 1.807) is 0 Å². The molecule has 0 aliphatic heterocycles. The van der Waals surface area contributed by atoms with Gasteiger partial charge in [-0.2, -0.15) is 0 Å². The molecule has 0 aliphatic carbocycles. The Kier molecular flexibility index (Phi) is 4.84. The van der Waals surface area contributed by atoms with Crippen LogP contribution in [0.4, 0.5) is 0 Å². The third-order valence-electron chi connectivity index (χ3n) is 6.02. The molecule has 6 rings (SSSR count). The van der Waals surface area contributed by atoms with E-state index < -0.39 is 0 Å². The zero-order chi connectivity index (χ0) is 23.1. The third-order valence-corrected chi connectivity index (χ3v) is 6.02. The predicted molar refractivity (Wildman–Crippen MR) is 137 cm³/mol. The summed E-state index contributed by atoms with van der Waals surface area (Å²) in [5.41, 5.74) is 9.83. The molecule has 34 heavy (non-hydrogen) atoms. The molecule has 0 fully saturated rings. The van der Waals surface area contributed by atoms with E-state index in [1.165, 1.54) is 0 Å². The van der Waals surface area contributed by atoms with Crippen LogP contribution in [0.3, 0.4) is 0 Å². The minimum Gasteiger partial charge on any atom is -0.436 e. The first-order valence-corrected chi connectivity index (χ1v) is 11.3. The maximum absolute atomic E-state index is 5.94. The number of fused-ring (bicyclic) bond motifs is 2. The van der Waals surface area contributed by atoms with Crippen LogP contribution in [0.5, 0.6) is 0 Å². The van der Waals surface area contributed by atoms with Gasteiger partial charge in [0.1, 0.15) is 11.0 Å². The predicted octanol–water partition coefficient (Wildman–Crippen LogP) is 8.09. The number of para-hydroxylation sites is 2. The molecule has 4 aromatic carbocycles. The van der Waals surface area contributed by atoms with Gasteiger partial charge in [0.15, 0.2) is 11.2 Å². The van der Waals surface area contributed by atoms with Gasteiger partial charge in [-0.3, -0.25) is 0 Å². The van der Waals surface area contributed by atoms with Crippen molar-refractivity contribution >= 4 is 34.4 Å². The van der Waals surface area contributed by atoms with Crippen LogP contribution in [0.2, 0.25) is 0 Å². The summed E-state index contributed by atoms with van der Waals surface area (Å²) < 4.78 is 11.9. The molecule has 0 N–H and O–H groups in total. The molecule has 0 bridgehead atoms. The molecular formula is C30H22N2O2. The third kappa shape index (κ3) is 3.69. The Bertz CT molecular complexity index is 1530. The van der Waals surface area contributed by atoms with Gasteiger partial charge in [-0.1, -0.05) is 60.7 Å². The number of hydrogen-bond acceptors (Lipinski definition) is 4. The van der Waals surface area contributed by atoms with E-state index in [0.717, 1.165) is 55.6 Å². The van der Waals surface area contributed by atoms with Gasteiger partial charge < -0.3 is 8.83 Å². The number of nitrogens with zero attached hydrogens (tertiary/aromatic N) is 2. The minimum atomic E-state index is 0.643. The maximum Gasteiger partial charge on any atom is 0.227 e. The second-order valence-corrected chi connectivity index (χ2v) is 8.46. The molecule has 0 saturated carbocycles. The lowest BCUT2D eigenvalue weighted by Crippen LogP contribution is -1.80. The summed E-state index contributed by atoms with van der Waals surface area (Å²) in [5.74, 6) is 1.29. The molecule has 2 aromatic heterocycles. The van der Waals surface area contributed by atoms with E-state index in [-0.39, 0.29) is 0 Å². The van der Waals surface area contributed by atoms with Crippen molar-refractivity contribution in [3.8, 4) is 22.9 Å². The lowest BCUT2D eigenvalue weighted by molar-refractivity contribution is 0.619. The zero-order valence-electron chi connectivity index (χ0n) is 18.9. The lowest BCUT2D eigenvalue weighted by Gasteiger charge is -1.99. The molecule has 0 amide bonds. The molecule has 0 saturated heterocycles. The molecule has 4 nitrogen and oxygen atoms in total. The summed E-state index contributed by atoms with van der Waals surface area (Å²) >= 11 is 0. The van der Waals surface area contributed by atoms with Crippen LogP contribution < -0.4 is 0 Å². The van der Waals surface area contributed by atoms with Crippen molar-refractivity contribution in [2.24, 2.45) is 0 Å². The highest BCUT2D eigenvalue weighted by Crippen LogP contribution is 2.28. The average molecular weight is 443 g/mol. The smallest absolute Gasteiger partial charge is 0.227 e. The van der Waals surface area contributed by atoms with Gasteiger partial charge in [-0.15, -0.1) is 0 Å². The van der Waals surface area contributed by atoms with Crippen molar-refractivity contribution < 1.29 is 8.83 Å². The summed E-state index contributed by atoms with van der Waals surface area (Å²) in [4.78, 5) is 9.32. The first-order valence-electron chi connectivity index (χ1n) is 11.3. The topological polar surface area (TPSA) is 52.1 Å². The fraction of sp³-hybridized carbons (Fsp3) is 0.0667. The molecule has 0 radical (unpaired) electrons. The van der Waals surface area contributed by atoms with Gasteiger partial charge in [-0.25, -0.2) is 9.97 Å². The van der Waals surface area contributed by atoms with Gasteiger partial charge in [-0.05, 0) is 72.5 Å². The molecule has 0 unspecified atom stereocenters. The van der Waals surface area contributed by atoms with E-state index in [0.29, 0.717) is 11.8 Å². The largest absolute Gasteiger partial charge is 0.436 e. The molecule has 4 heteroatoms. The van der Waals surface area contributed by atoms with E-state index in [4.69, 9.17) is 8.83 Å². The van der Waals surface area contributed by atoms with Gasteiger partial charge in [0, 0.05) is 11.1 Å². The maximum atomic E-state index is 5.94. The van der Waals surface area contributed by atoms with Gasteiger partial charge in [0.2, 0.25) is 11.8 Å². The Morgan fingerprint density at radius 2 is 0.941 bits per heavy atom. The molecule has 0 spiro atoms. The number of rotatable bonds is 4.